The van der Waals surface area contributed by atoms with Gasteiger partial charge in [0.05, 0.1) is 6.17 Å². The van der Waals surface area contributed by atoms with Crippen LogP contribution in [0.3, 0.4) is 0 Å². The first-order valence-corrected chi connectivity index (χ1v) is 10.5. The second-order valence-corrected chi connectivity index (χ2v) is 8.26. The van der Waals surface area contributed by atoms with Crippen LogP contribution in [-0.4, -0.2) is 47.7 Å². The minimum Gasteiger partial charge on any atom is -0.370 e. The number of aldehydes is 1. The van der Waals surface area contributed by atoms with Crippen LogP contribution >= 0.6 is 0 Å². The van der Waals surface area contributed by atoms with E-state index in [1.54, 1.807) is 12.1 Å². The van der Waals surface area contributed by atoms with Crippen molar-refractivity contribution in [3.05, 3.63) is 82.9 Å². The van der Waals surface area contributed by atoms with Crippen LogP contribution in [0.5, 0.6) is 0 Å². The summed E-state index contributed by atoms with van der Waals surface area (Å²) in [6, 6.07) is 19.1. The van der Waals surface area contributed by atoms with Crippen molar-refractivity contribution in [2.24, 2.45) is 5.73 Å². The summed E-state index contributed by atoms with van der Waals surface area (Å²) in [5, 5.41) is 11.8. The van der Waals surface area contributed by atoms with Crippen molar-refractivity contribution in [3.8, 4) is 0 Å². The van der Waals surface area contributed by atoms with Gasteiger partial charge in [-0.2, -0.15) is 13.2 Å². The summed E-state index contributed by atoms with van der Waals surface area (Å²) in [7, 11) is 3.03. The van der Waals surface area contributed by atoms with Gasteiger partial charge in [0, 0.05) is 18.2 Å². The van der Waals surface area contributed by atoms with Crippen LogP contribution in [-0.2, 0) is 6.54 Å². The standard InChI is InChI=1S/C25H28F3N3O2/c1-16(21-10-6-8-17-7-4-5-9-22(17)21)30(2)14-19-12-11-18(13-20(19)15-32)23(29)31(3)24(33)25(26,27)28/h4-13,15-16,23-24,33H,14,29H2,1-3H3/t16-,23?,24?/m1/s1. The van der Waals surface area contributed by atoms with Gasteiger partial charge < -0.3 is 10.8 Å². The molecule has 176 valence electrons. The molecule has 3 aromatic rings. The van der Waals surface area contributed by atoms with Crippen LogP contribution in [0.2, 0.25) is 0 Å². The lowest BCUT2D eigenvalue weighted by atomic mass is 9.97. The minimum atomic E-state index is -4.83. The Morgan fingerprint density at radius 1 is 1.06 bits per heavy atom. The number of halogens is 3. The van der Waals surface area contributed by atoms with Crippen LogP contribution in [0.15, 0.2) is 60.7 Å². The second kappa shape index (κ2) is 10.0. The average molecular weight is 460 g/mol. The number of rotatable bonds is 8. The zero-order chi connectivity index (χ0) is 24.3. The van der Waals surface area contributed by atoms with Crippen molar-refractivity contribution in [3.63, 3.8) is 0 Å². The largest absolute Gasteiger partial charge is 0.428 e. The molecule has 8 heteroatoms. The van der Waals surface area contributed by atoms with Crippen LogP contribution in [0.4, 0.5) is 13.2 Å². The predicted molar refractivity (Wildman–Crippen MR) is 122 cm³/mol. The summed E-state index contributed by atoms with van der Waals surface area (Å²) in [5.41, 5.74) is 8.46. The first-order valence-electron chi connectivity index (χ1n) is 10.5. The molecule has 3 aromatic carbocycles. The molecule has 3 atom stereocenters. The van der Waals surface area contributed by atoms with Gasteiger partial charge in [0.2, 0.25) is 6.23 Å². The van der Waals surface area contributed by atoms with Crippen molar-refractivity contribution < 1.29 is 23.1 Å². The molecule has 0 radical (unpaired) electrons. The van der Waals surface area contributed by atoms with Crippen LogP contribution < -0.4 is 5.73 Å². The Kier molecular flexibility index (Phi) is 7.54. The molecule has 0 aliphatic carbocycles. The van der Waals surface area contributed by atoms with Crippen molar-refractivity contribution in [2.75, 3.05) is 14.1 Å². The summed E-state index contributed by atoms with van der Waals surface area (Å²) in [5.74, 6) is 0. The fourth-order valence-corrected chi connectivity index (χ4v) is 3.93. The van der Waals surface area contributed by atoms with Crippen molar-refractivity contribution in [2.45, 2.75) is 38.1 Å². The number of alkyl halides is 3. The van der Waals surface area contributed by atoms with Crippen molar-refractivity contribution >= 4 is 17.1 Å². The molecular formula is C25H28F3N3O2. The zero-order valence-corrected chi connectivity index (χ0v) is 18.8. The number of aliphatic hydroxyl groups excluding tert-OH is 1. The summed E-state index contributed by atoms with van der Waals surface area (Å²) in [6.45, 7) is 2.54. The van der Waals surface area contributed by atoms with Gasteiger partial charge in [0.1, 0.15) is 6.29 Å². The number of fused-ring (bicyclic) bond motifs is 1. The molecule has 3 N–H and O–H groups in total. The number of carbonyl (C=O) groups is 1. The smallest absolute Gasteiger partial charge is 0.370 e. The minimum absolute atomic E-state index is 0.0469. The van der Waals surface area contributed by atoms with Crippen LogP contribution in [0.25, 0.3) is 10.8 Å². The molecule has 0 heterocycles. The molecule has 0 aliphatic rings. The molecule has 0 saturated carbocycles. The number of hydrogen-bond donors (Lipinski definition) is 2. The SMILES string of the molecule is C[C@H](c1cccc2ccccc12)N(C)Cc1ccc(C(N)N(C)C(O)C(F)(F)F)cc1C=O. The highest BCUT2D eigenvalue weighted by Gasteiger charge is 2.42. The van der Waals surface area contributed by atoms with E-state index in [2.05, 4.69) is 36.1 Å². The van der Waals surface area contributed by atoms with E-state index < -0.39 is 18.6 Å². The lowest BCUT2D eigenvalue weighted by molar-refractivity contribution is -0.252. The van der Waals surface area contributed by atoms with Crippen molar-refractivity contribution in [1.82, 2.24) is 9.80 Å². The lowest BCUT2D eigenvalue weighted by Crippen LogP contribution is -2.47. The number of nitrogens with zero attached hydrogens (tertiary/aromatic N) is 2. The Hall–Kier alpha value is -2.78. The molecule has 0 saturated heterocycles. The summed E-state index contributed by atoms with van der Waals surface area (Å²) in [6.07, 6.45) is -8.11. The maximum atomic E-state index is 12.8. The molecule has 0 aliphatic heterocycles. The van der Waals surface area contributed by atoms with E-state index in [-0.39, 0.29) is 6.04 Å². The van der Waals surface area contributed by atoms with Crippen LogP contribution in [0.1, 0.15) is 46.2 Å². The highest BCUT2D eigenvalue weighted by atomic mass is 19.4. The molecule has 33 heavy (non-hydrogen) atoms. The van der Waals surface area contributed by atoms with Gasteiger partial charge in [-0.15, -0.1) is 0 Å². The third kappa shape index (κ3) is 5.42. The molecule has 0 fully saturated rings. The van der Waals surface area contributed by atoms with Crippen molar-refractivity contribution in [1.29, 1.82) is 0 Å². The maximum Gasteiger partial charge on any atom is 0.428 e. The Bertz CT molecular complexity index is 1110. The van der Waals surface area contributed by atoms with Crippen LogP contribution in [0, 0.1) is 0 Å². The molecule has 0 aromatic heterocycles. The van der Waals surface area contributed by atoms with Gasteiger partial charge in [-0.25, -0.2) is 0 Å². The van der Waals surface area contributed by atoms with Gasteiger partial charge in [0.25, 0.3) is 0 Å². The van der Waals surface area contributed by atoms with Gasteiger partial charge in [-0.3, -0.25) is 14.6 Å². The first kappa shape index (κ1) is 24.9. The third-order valence-corrected chi connectivity index (χ3v) is 6.11. The predicted octanol–water partition coefficient (Wildman–Crippen LogP) is 4.62. The van der Waals surface area contributed by atoms with Gasteiger partial charge in [-0.1, -0.05) is 54.6 Å². The number of aliphatic hydroxyl groups is 1. The summed E-state index contributed by atoms with van der Waals surface area (Å²) < 4.78 is 38.5. The van der Waals surface area contributed by atoms with E-state index in [9.17, 15) is 23.1 Å². The molecule has 0 bridgehead atoms. The second-order valence-electron chi connectivity index (χ2n) is 8.26. The number of carbonyl (C=O) groups excluding carboxylic acids is 1. The highest BCUT2D eigenvalue weighted by molar-refractivity contribution is 5.86. The van der Waals surface area contributed by atoms with Gasteiger partial charge >= 0.3 is 6.18 Å². The topological polar surface area (TPSA) is 69.8 Å². The van der Waals surface area contributed by atoms with Gasteiger partial charge in [0.15, 0.2) is 0 Å². The first-order chi connectivity index (χ1) is 15.5. The van der Waals surface area contributed by atoms with E-state index in [0.717, 1.165) is 28.9 Å². The molecule has 0 amide bonds. The quantitative estimate of drug-likeness (QED) is 0.380. The Morgan fingerprint density at radius 2 is 1.73 bits per heavy atom. The summed E-state index contributed by atoms with van der Waals surface area (Å²) in [4.78, 5) is 14.5. The van der Waals surface area contributed by atoms with E-state index in [0.29, 0.717) is 28.9 Å². The fraction of sp³-hybridized carbons (Fsp3) is 0.320. The molecule has 3 rings (SSSR count). The van der Waals surface area contributed by atoms with Gasteiger partial charge in [-0.05, 0) is 54.5 Å². The number of hydrogen-bond acceptors (Lipinski definition) is 5. The lowest BCUT2D eigenvalue weighted by Gasteiger charge is -2.31. The number of nitrogens with two attached hydrogens (primary N) is 1. The highest BCUT2D eigenvalue weighted by Crippen LogP contribution is 2.30. The maximum absolute atomic E-state index is 12.8. The average Bonchev–Trinajstić information content (AvgIpc) is 2.81. The van der Waals surface area contributed by atoms with E-state index in [4.69, 9.17) is 5.73 Å². The molecule has 0 spiro atoms. The zero-order valence-electron chi connectivity index (χ0n) is 18.8. The van der Waals surface area contributed by atoms with E-state index in [1.807, 2.05) is 25.2 Å². The molecule has 2 unspecified atom stereocenters. The van der Waals surface area contributed by atoms with E-state index in [1.165, 1.54) is 6.07 Å². The number of benzene rings is 3. The third-order valence-electron chi connectivity index (χ3n) is 6.11. The monoisotopic (exact) mass is 459 g/mol. The normalized spacial score (nSPS) is 15.1. The van der Waals surface area contributed by atoms with E-state index >= 15 is 0 Å². The molecular weight excluding hydrogens is 431 g/mol. The Labute approximate surface area is 191 Å². The fourth-order valence-electron chi connectivity index (χ4n) is 3.93. The summed E-state index contributed by atoms with van der Waals surface area (Å²) >= 11 is 0. The molecule has 5 nitrogen and oxygen atoms in total. The Morgan fingerprint density at radius 3 is 2.39 bits per heavy atom. The Balaban J connectivity index is 1.82.